The van der Waals surface area contributed by atoms with E-state index in [4.69, 9.17) is 4.42 Å². The van der Waals surface area contributed by atoms with E-state index in [1.807, 2.05) is 30.3 Å². The Kier molecular flexibility index (Phi) is 5.09. The second kappa shape index (κ2) is 7.72. The second-order valence-corrected chi connectivity index (χ2v) is 7.42. The van der Waals surface area contributed by atoms with E-state index in [0.717, 1.165) is 29.0 Å². The van der Waals surface area contributed by atoms with Gasteiger partial charge in [0.15, 0.2) is 0 Å². The molecular formula is C22H14F3NO3S. The van der Waals surface area contributed by atoms with Gasteiger partial charge in [0.2, 0.25) is 0 Å². The smallest absolute Gasteiger partial charge is 0.416 e. The zero-order valence-electron chi connectivity index (χ0n) is 15.2. The van der Waals surface area contributed by atoms with Crippen LogP contribution in [0.1, 0.15) is 26.6 Å². The molecule has 2 aromatic carbocycles. The van der Waals surface area contributed by atoms with Crippen LogP contribution in [-0.4, -0.2) is 11.0 Å². The molecule has 4 rings (SSSR count). The van der Waals surface area contributed by atoms with Gasteiger partial charge in [0.1, 0.15) is 16.4 Å². The highest BCUT2D eigenvalue weighted by Gasteiger charge is 2.31. The zero-order valence-corrected chi connectivity index (χ0v) is 16.1. The van der Waals surface area contributed by atoms with Crippen LogP contribution in [0, 0.1) is 0 Å². The minimum atomic E-state index is -4.54. The molecule has 0 unspecified atom stereocenters. The van der Waals surface area contributed by atoms with Crippen LogP contribution in [0.2, 0.25) is 0 Å². The van der Waals surface area contributed by atoms with Crippen molar-refractivity contribution in [3.05, 3.63) is 94.9 Å². The Labute approximate surface area is 172 Å². The monoisotopic (exact) mass is 429 g/mol. The fourth-order valence-corrected chi connectivity index (χ4v) is 3.94. The van der Waals surface area contributed by atoms with Gasteiger partial charge in [-0.1, -0.05) is 30.3 Å². The Morgan fingerprint density at radius 1 is 1.07 bits per heavy atom. The van der Waals surface area contributed by atoms with Gasteiger partial charge in [-0.15, -0.1) is 11.3 Å². The lowest BCUT2D eigenvalue weighted by molar-refractivity contribution is -0.137. The van der Waals surface area contributed by atoms with Crippen LogP contribution in [0.4, 0.5) is 13.2 Å². The lowest BCUT2D eigenvalue weighted by atomic mass is 10.0. The molecule has 0 radical (unpaired) electrons. The van der Waals surface area contributed by atoms with E-state index in [9.17, 15) is 23.1 Å². The number of aromatic hydroxyl groups is 1. The van der Waals surface area contributed by atoms with Crippen LogP contribution in [0.3, 0.4) is 0 Å². The molecule has 0 fully saturated rings. The third-order valence-electron chi connectivity index (χ3n) is 4.41. The first-order chi connectivity index (χ1) is 14.3. The number of hydrogen-bond donors (Lipinski definition) is 2. The highest BCUT2D eigenvalue weighted by Crippen LogP contribution is 2.40. The largest absolute Gasteiger partial charge is 0.506 e. The highest BCUT2D eigenvalue weighted by atomic mass is 32.1. The molecule has 4 nitrogen and oxygen atoms in total. The minimum Gasteiger partial charge on any atom is -0.506 e. The van der Waals surface area contributed by atoms with Gasteiger partial charge in [-0.25, -0.2) is 0 Å². The molecule has 0 saturated heterocycles. The Hall–Kier alpha value is -3.52. The number of alkyl halides is 3. The van der Waals surface area contributed by atoms with Gasteiger partial charge >= 0.3 is 6.18 Å². The molecule has 1 amide bonds. The van der Waals surface area contributed by atoms with E-state index in [1.165, 1.54) is 18.5 Å². The number of nitrogens with one attached hydrogen (secondary N) is 1. The average molecular weight is 429 g/mol. The quantitative estimate of drug-likeness (QED) is 0.416. The molecule has 4 aromatic rings. The Morgan fingerprint density at radius 2 is 1.83 bits per heavy atom. The topological polar surface area (TPSA) is 62.5 Å². The van der Waals surface area contributed by atoms with Crippen molar-refractivity contribution in [2.45, 2.75) is 6.18 Å². The number of halogens is 3. The lowest BCUT2D eigenvalue weighted by Gasteiger charge is -2.06. The average Bonchev–Trinajstić information content (AvgIpc) is 3.36. The zero-order chi connectivity index (χ0) is 21.3. The van der Waals surface area contributed by atoms with Gasteiger partial charge in [-0.05, 0) is 35.9 Å². The first-order valence-corrected chi connectivity index (χ1v) is 9.59. The van der Waals surface area contributed by atoms with Crippen molar-refractivity contribution in [3.8, 4) is 5.75 Å². The molecule has 2 aromatic heterocycles. The van der Waals surface area contributed by atoms with Crippen LogP contribution in [-0.2, 0) is 6.18 Å². The summed E-state index contributed by atoms with van der Waals surface area (Å²) in [4.78, 5) is 12.6. The summed E-state index contributed by atoms with van der Waals surface area (Å²) in [7, 11) is 0. The maximum Gasteiger partial charge on any atom is 0.416 e. The summed E-state index contributed by atoms with van der Waals surface area (Å²) < 4.78 is 44.6. The maximum atomic E-state index is 12.9. The van der Waals surface area contributed by atoms with E-state index >= 15 is 0 Å². The van der Waals surface area contributed by atoms with Gasteiger partial charge in [0, 0.05) is 21.9 Å². The summed E-state index contributed by atoms with van der Waals surface area (Å²) >= 11 is 0.914. The third-order valence-corrected chi connectivity index (χ3v) is 5.57. The number of amides is 1. The molecule has 152 valence electrons. The van der Waals surface area contributed by atoms with E-state index < -0.39 is 23.4 Å². The number of carbonyl (C=O) groups excluding carboxylic acids is 1. The molecule has 0 spiro atoms. The van der Waals surface area contributed by atoms with Crippen molar-refractivity contribution < 1.29 is 27.5 Å². The van der Waals surface area contributed by atoms with Crippen LogP contribution in [0.5, 0.6) is 5.75 Å². The van der Waals surface area contributed by atoms with Crippen molar-refractivity contribution in [1.29, 1.82) is 0 Å². The number of carbonyl (C=O) groups is 1. The van der Waals surface area contributed by atoms with E-state index in [0.29, 0.717) is 16.0 Å². The number of hydrogen-bond acceptors (Lipinski definition) is 4. The summed E-state index contributed by atoms with van der Waals surface area (Å²) in [6.07, 6.45) is -1.59. The van der Waals surface area contributed by atoms with Crippen LogP contribution < -0.4 is 5.32 Å². The van der Waals surface area contributed by atoms with Crippen molar-refractivity contribution >= 4 is 32.9 Å². The van der Waals surface area contributed by atoms with E-state index in [2.05, 4.69) is 5.32 Å². The molecule has 2 N–H and O–H groups in total. The summed E-state index contributed by atoms with van der Waals surface area (Å²) in [5.41, 5.74) is 0.510. The van der Waals surface area contributed by atoms with Gasteiger partial charge < -0.3 is 14.8 Å². The maximum absolute atomic E-state index is 12.9. The fraction of sp³-hybridized carbons (Fsp3) is 0.0455. The predicted molar refractivity (Wildman–Crippen MR) is 108 cm³/mol. The number of rotatable bonds is 4. The first-order valence-electron chi connectivity index (χ1n) is 8.77. The summed E-state index contributed by atoms with van der Waals surface area (Å²) in [5.74, 6) is -0.592. The summed E-state index contributed by atoms with van der Waals surface area (Å²) in [6.45, 7) is 0. The molecule has 30 heavy (non-hydrogen) atoms. The number of fused-ring (bicyclic) bond motifs is 1. The Balaban J connectivity index is 1.67. The van der Waals surface area contributed by atoms with Crippen molar-refractivity contribution in [2.24, 2.45) is 0 Å². The van der Waals surface area contributed by atoms with Crippen molar-refractivity contribution in [1.82, 2.24) is 5.32 Å². The Morgan fingerprint density at radius 3 is 2.50 bits per heavy atom. The molecule has 0 aliphatic carbocycles. The van der Waals surface area contributed by atoms with Gasteiger partial charge in [0.25, 0.3) is 5.91 Å². The number of furan rings is 1. The van der Waals surface area contributed by atoms with Gasteiger partial charge in [0.05, 0.1) is 11.8 Å². The van der Waals surface area contributed by atoms with Crippen molar-refractivity contribution in [2.75, 3.05) is 0 Å². The normalized spacial score (nSPS) is 12.3. The van der Waals surface area contributed by atoms with Crippen LogP contribution in [0.25, 0.3) is 15.7 Å². The van der Waals surface area contributed by atoms with Crippen LogP contribution >= 0.6 is 11.3 Å². The summed E-state index contributed by atoms with van der Waals surface area (Å²) in [5, 5.41) is 12.9. The van der Waals surface area contributed by atoms with Gasteiger partial charge in [-0.3, -0.25) is 4.79 Å². The lowest BCUT2D eigenvalue weighted by Crippen LogP contribution is -2.16. The fourth-order valence-electron chi connectivity index (χ4n) is 2.96. The molecule has 2 heterocycles. The molecule has 0 bridgehead atoms. The number of benzene rings is 2. The summed E-state index contributed by atoms with van der Waals surface area (Å²) in [6, 6.07) is 15.7. The molecule has 8 heteroatoms. The number of thiophene rings is 1. The SMILES string of the molecule is O=C(NC=C(c1ccccc1)c1ccco1)c1sc2ccc(C(F)(F)F)cc2c1O. The third kappa shape index (κ3) is 3.81. The van der Waals surface area contributed by atoms with E-state index in [1.54, 1.807) is 12.1 Å². The van der Waals surface area contributed by atoms with Crippen LogP contribution in [0.15, 0.2) is 77.5 Å². The highest BCUT2D eigenvalue weighted by molar-refractivity contribution is 7.21. The van der Waals surface area contributed by atoms with Gasteiger partial charge in [-0.2, -0.15) is 13.2 Å². The standard InChI is InChI=1S/C22H14F3NO3S/c23-22(24,25)14-8-9-18-15(11-14)19(27)20(30-18)21(28)26-12-16(17-7-4-10-29-17)13-5-2-1-3-6-13/h1-12,27H,(H,26,28). The molecular weight excluding hydrogens is 415 g/mol. The molecule has 0 saturated carbocycles. The van der Waals surface area contributed by atoms with Crippen molar-refractivity contribution in [3.63, 3.8) is 0 Å². The Bertz CT molecular complexity index is 1230. The predicted octanol–water partition coefficient (Wildman–Crippen LogP) is 6.04. The minimum absolute atomic E-state index is 0.0155. The second-order valence-electron chi connectivity index (χ2n) is 6.36. The molecule has 0 aliphatic heterocycles. The molecule has 0 atom stereocenters. The molecule has 0 aliphatic rings. The van der Waals surface area contributed by atoms with E-state index in [-0.39, 0.29) is 10.3 Å². The first kappa shape index (κ1) is 19.8.